The molecule has 2 atom stereocenters. The SMILES string of the molecule is CCOC(C1CC1)C(N)c1c(Br)cnn1CC. The van der Waals surface area contributed by atoms with Crippen molar-refractivity contribution in [1.29, 1.82) is 0 Å². The van der Waals surface area contributed by atoms with Crippen molar-refractivity contribution < 1.29 is 4.74 Å². The molecule has 96 valence electrons. The third-order valence-corrected chi connectivity index (χ3v) is 3.86. The summed E-state index contributed by atoms with van der Waals surface area (Å²) in [6.07, 6.45) is 4.40. The van der Waals surface area contributed by atoms with Crippen LogP contribution in [0.15, 0.2) is 10.7 Å². The molecule has 0 spiro atoms. The fourth-order valence-electron chi connectivity index (χ4n) is 2.26. The van der Waals surface area contributed by atoms with E-state index in [2.05, 4.69) is 28.0 Å². The third kappa shape index (κ3) is 2.72. The number of hydrogen-bond donors (Lipinski definition) is 1. The Balaban J connectivity index is 2.21. The van der Waals surface area contributed by atoms with Gasteiger partial charge in [-0.3, -0.25) is 4.68 Å². The second-order valence-electron chi connectivity index (χ2n) is 4.48. The van der Waals surface area contributed by atoms with Crippen LogP contribution in [0, 0.1) is 5.92 Å². The molecule has 1 heterocycles. The molecule has 0 amide bonds. The summed E-state index contributed by atoms with van der Waals surface area (Å²) in [5.41, 5.74) is 7.43. The highest BCUT2D eigenvalue weighted by Crippen LogP contribution is 2.40. The maximum Gasteiger partial charge on any atom is 0.0811 e. The molecule has 0 bridgehead atoms. The summed E-state index contributed by atoms with van der Waals surface area (Å²) >= 11 is 3.53. The zero-order valence-corrected chi connectivity index (χ0v) is 12.0. The molecular weight excluding hydrogens is 282 g/mol. The van der Waals surface area contributed by atoms with Crippen molar-refractivity contribution in [2.24, 2.45) is 11.7 Å². The first-order valence-electron chi connectivity index (χ1n) is 6.27. The van der Waals surface area contributed by atoms with Crippen LogP contribution in [0.1, 0.15) is 38.4 Å². The molecule has 1 aliphatic carbocycles. The number of nitrogens with two attached hydrogens (primary N) is 1. The summed E-state index contributed by atoms with van der Waals surface area (Å²) in [4.78, 5) is 0. The van der Waals surface area contributed by atoms with E-state index in [9.17, 15) is 0 Å². The van der Waals surface area contributed by atoms with Crippen molar-refractivity contribution in [2.45, 2.75) is 45.4 Å². The van der Waals surface area contributed by atoms with E-state index in [0.29, 0.717) is 12.5 Å². The van der Waals surface area contributed by atoms with E-state index >= 15 is 0 Å². The number of aromatic nitrogens is 2. The Morgan fingerprint density at radius 2 is 2.29 bits per heavy atom. The highest BCUT2D eigenvalue weighted by Gasteiger charge is 2.38. The van der Waals surface area contributed by atoms with E-state index in [-0.39, 0.29) is 12.1 Å². The van der Waals surface area contributed by atoms with Crippen molar-refractivity contribution in [1.82, 2.24) is 9.78 Å². The van der Waals surface area contributed by atoms with Gasteiger partial charge in [-0.2, -0.15) is 5.10 Å². The lowest BCUT2D eigenvalue weighted by Crippen LogP contribution is -2.33. The molecule has 1 aromatic rings. The Morgan fingerprint density at radius 3 is 2.82 bits per heavy atom. The number of ether oxygens (including phenoxy) is 1. The molecule has 17 heavy (non-hydrogen) atoms. The van der Waals surface area contributed by atoms with Gasteiger partial charge in [0.05, 0.1) is 28.5 Å². The minimum atomic E-state index is -0.0979. The van der Waals surface area contributed by atoms with Crippen LogP contribution < -0.4 is 5.73 Å². The zero-order chi connectivity index (χ0) is 12.4. The lowest BCUT2D eigenvalue weighted by molar-refractivity contribution is 0.0262. The first-order chi connectivity index (χ1) is 8.19. The molecule has 1 aliphatic rings. The maximum atomic E-state index is 6.37. The Morgan fingerprint density at radius 1 is 1.59 bits per heavy atom. The Bertz CT molecular complexity index is 376. The number of halogens is 1. The van der Waals surface area contributed by atoms with E-state index in [1.807, 2.05) is 17.8 Å². The molecule has 2 unspecified atom stereocenters. The molecule has 1 fully saturated rings. The van der Waals surface area contributed by atoms with Crippen LogP contribution in [0.2, 0.25) is 0 Å². The second kappa shape index (κ2) is 5.50. The highest BCUT2D eigenvalue weighted by molar-refractivity contribution is 9.10. The van der Waals surface area contributed by atoms with Gasteiger partial charge in [0.25, 0.3) is 0 Å². The van der Waals surface area contributed by atoms with Gasteiger partial charge in [-0.25, -0.2) is 0 Å². The monoisotopic (exact) mass is 301 g/mol. The quantitative estimate of drug-likeness (QED) is 0.878. The van der Waals surface area contributed by atoms with Crippen molar-refractivity contribution >= 4 is 15.9 Å². The van der Waals surface area contributed by atoms with Gasteiger partial charge in [0.15, 0.2) is 0 Å². The highest BCUT2D eigenvalue weighted by atomic mass is 79.9. The topological polar surface area (TPSA) is 53.1 Å². The van der Waals surface area contributed by atoms with Crippen LogP contribution in [-0.2, 0) is 11.3 Å². The largest absolute Gasteiger partial charge is 0.376 e. The molecule has 1 saturated carbocycles. The first-order valence-corrected chi connectivity index (χ1v) is 7.06. The van der Waals surface area contributed by atoms with E-state index in [4.69, 9.17) is 10.5 Å². The molecule has 0 radical (unpaired) electrons. The van der Waals surface area contributed by atoms with E-state index in [1.54, 1.807) is 0 Å². The minimum Gasteiger partial charge on any atom is -0.376 e. The summed E-state index contributed by atoms with van der Waals surface area (Å²) in [7, 11) is 0. The van der Waals surface area contributed by atoms with Gasteiger partial charge in [0.2, 0.25) is 0 Å². The summed E-state index contributed by atoms with van der Waals surface area (Å²) in [6, 6.07) is -0.0979. The molecule has 2 N–H and O–H groups in total. The van der Waals surface area contributed by atoms with E-state index in [0.717, 1.165) is 16.7 Å². The summed E-state index contributed by atoms with van der Waals surface area (Å²) < 4.78 is 8.75. The molecular formula is C12H20BrN3O. The molecule has 1 aromatic heterocycles. The van der Waals surface area contributed by atoms with Crippen LogP contribution in [0.3, 0.4) is 0 Å². The fourth-order valence-corrected chi connectivity index (χ4v) is 2.82. The Kier molecular flexibility index (Phi) is 4.22. The van der Waals surface area contributed by atoms with Gasteiger partial charge < -0.3 is 10.5 Å². The van der Waals surface area contributed by atoms with Gasteiger partial charge in [-0.15, -0.1) is 0 Å². The zero-order valence-electron chi connectivity index (χ0n) is 10.4. The number of rotatable bonds is 6. The molecule has 2 rings (SSSR count). The molecule has 4 nitrogen and oxygen atoms in total. The smallest absolute Gasteiger partial charge is 0.0811 e. The lowest BCUT2D eigenvalue weighted by Gasteiger charge is -2.24. The third-order valence-electron chi connectivity index (χ3n) is 3.25. The minimum absolute atomic E-state index is 0.0979. The van der Waals surface area contributed by atoms with Crippen LogP contribution >= 0.6 is 15.9 Å². The Labute approximate surface area is 111 Å². The van der Waals surface area contributed by atoms with E-state index < -0.39 is 0 Å². The molecule has 5 heteroatoms. The van der Waals surface area contributed by atoms with Gasteiger partial charge in [-0.05, 0) is 48.5 Å². The fraction of sp³-hybridized carbons (Fsp3) is 0.750. The predicted octanol–water partition coefficient (Wildman–Crippen LogP) is 2.48. The van der Waals surface area contributed by atoms with Crippen molar-refractivity contribution in [2.75, 3.05) is 6.61 Å². The van der Waals surface area contributed by atoms with Crippen molar-refractivity contribution in [3.05, 3.63) is 16.4 Å². The number of hydrogen-bond acceptors (Lipinski definition) is 3. The summed E-state index contributed by atoms with van der Waals surface area (Å²) in [5.74, 6) is 0.622. The Hall–Kier alpha value is -0.390. The second-order valence-corrected chi connectivity index (χ2v) is 5.33. The first kappa shape index (κ1) is 13.1. The normalized spacial score (nSPS) is 19.3. The standard InChI is InChI=1S/C12H20BrN3O/c1-3-16-11(9(13)7-15-16)10(14)12(17-4-2)8-5-6-8/h7-8,10,12H,3-6,14H2,1-2H3. The maximum absolute atomic E-state index is 6.37. The van der Waals surface area contributed by atoms with Crippen LogP contribution in [-0.4, -0.2) is 22.5 Å². The molecule has 0 aliphatic heterocycles. The van der Waals surface area contributed by atoms with Crippen molar-refractivity contribution in [3.8, 4) is 0 Å². The van der Waals surface area contributed by atoms with Gasteiger partial charge in [-0.1, -0.05) is 0 Å². The average Bonchev–Trinajstić information content (AvgIpc) is 3.08. The van der Waals surface area contributed by atoms with Gasteiger partial charge >= 0.3 is 0 Å². The molecule has 0 saturated heterocycles. The number of nitrogens with zero attached hydrogens (tertiary/aromatic N) is 2. The number of aryl methyl sites for hydroxylation is 1. The predicted molar refractivity (Wildman–Crippen MR) is 70.7 cm³/mol. The molecule has 0 aromatic carbocycles. The summed E-state index contributed by atoms with van der Waals surface area (Å²) in [5, 5.41) is 4.31. The lowest BCUT2D eigenvalue weighted by atomic mass is 10.0. The average molecular weight is 302 g/mol. The van der Waals surface area contributed by atoms with Crippen molar-refractivity contribution in [3.63, 3.8) is 0 Å². The van der Waals surface area contributed by atoms with Crippen LogP contribution in [0.25, 0.3) is 0 Å². The summed E-state index contributed by atoms with van der Waals surface area (Å²) in [6.45, 7) is 5.64. The van der Waals surface area contributed by atoms with Gasteiger partial charge in [0.1, 0.15) is 0 Å². The van der Waals surface area contributed by atoms with Crippen LogP contribution in [0.4, 0.5) is 0 Å². The van der Waals surface area contributed by atoms with Crippen LogP contribution in [0.5, 0.6) is 0 Å². The van der Waals surface area contributed by atoms with E-state index in [1.165, 1.54) is 12.8 Å². The van der Waals surface area contributed by atoms with Gasteiger partial charge in [0, 0.05) is 13.2 Å².